The average molecular weight is 298 g/mol. The third-order valence-corrected chi connectivity index (χ3v) is 2.39. The Morgan fingerprint density at radius 1 is 0.789 bits per heavy atom. The molecule has 0 aromatic heterocycles. The second-order valence-electron chi connectivity index (χ2n) is 3.18. The summed E-state index contributed by atoms with van der Waals surface area (Å²) in [6.45, 7) is 0. The molecule has 0 aromatic carbocycles. The minimum atomic E-state index is -5.01. The second-order valence-corrected chi connectivity index (χ2v) is 4.48. The Balaban J connectivity index is 4.20. The van der Waals surface area contributed by atoms with Gasteiger partial charge >= 0.3 is 31.7 Å². The lowest BCUT2D eigenvalue weighted by Crippen LogP contribution is -2.11. The number of carboxylic acid groups (broad SMARTS) is 2. The van der Waals surface area contributed by atoms with Crippen LogP contribution in [0.1, 0.15) is 25.7 Å². The lowest BCUT2D eigenvalue weighted by molar-refractivity contribution is -0.146. The van der Waals surface area contributed by atoms with E-state index >= 15 is 0 Å². The van der Waals surface area contributed by atoms with Crippen molar-refractivity contribution < 1.29 is 47.9 Å². The Kier molecular flexibility index (Phi) is 6.73. The van der Waals surface area contributed by atoms with Crippen molar-refractivity contribution in [2.75, 3.05) is 0 Å². The summed E-state index contributed by atoms with van der Waals surface area (Å²) in [4.78, 5) is 51.0. The maximum Gasteiger partial charge on any atom is 0.589 e. The Bertz CT molecular complexity index is 391. The molecule has 10 nitrogen and oxygen atoms in total. The fourth-order valence-electron chi connectivity index (χ4n) is 0.785. The van der Waals surface area contributed by atoms with Crippen LogP contribution in [0.15, 0.2) is 0 Å². The molecule has 0 aromatic rings. The van der Waals surface area contributed by atoms with Crippen LogP contribution in [0.3, 0.4) is 0 Å². The number of aliphatic carboxylic acids is 2. The topological polar surface area (TPSA) is 164 Å². The summed E-state index contributed by atoms with van der Waals surface area (Å²) in [5, 5.41) is 16.5. The molecule has 0 radical (unpaired) electrons. The smallest absolute Gasteiger partial charge is 0.481 e. The molecule has 0 rings (SSSR count). The lowest BCUT2D eigenvalue weighted by atomic mass is 10.3. The first kappa shape index (κ1) is 17.1. The third-order valence-electron chi connectivity index (χ3n) is 1.52. The number of rotatable bonds is 8. The van der Waals surface area contributed by atoms with Gasteiger partial charge in [-0.15, -0.1) is 0 Å². The largest absolute Gasteiger partial charge is 0.589 e. The number of carboxylic acids is 2. The summed E-state index contributed by atoms with van der Waals surface area (Å²) in [6, 6.07) is 0. The molecule has 0 aliphatic carbocycles. The summed E-state index contributed by atoms with van der Waals surface area (Å²) >= 11 is 0. The van der Waals surface area contributed by atoms with E-state index in [9.17, 15) is 23.7 Å². The average Bonchev–Trinajstić information content (AvgIpc) is 2.22. The first-order valence-corrected chi connectivity index (χ1v) is 6.33. The van der Waals surface area contributed by atoms with Crippen molar-refractivity contribution in [3.05, 3.63) is 0 Å². The minimum Gasteiger partial charge on any atom is -0.481 e. The Hall–Kier alpha value is -1.93. The van der Waals surface area contributed by atoms with Gasteiger partial charge in [0.05, 0.1) is 25.7 Å². The summed E-state index contributed by atoms with van der Waals surface area (Å²) < 4.78 is 18.9. The SMILES string of the molecule is O=C(O)CCC(=O)OP(=O)(O)OC(=O)CCC(=O)O. The fourth-order valence-corrected chi connectivity index (χ4v) is 1.52. The van der Waals surface area contributed by atoms with Crippen LogP contribution in [0.2, 0.25) is 0 Å². The molecule has 11 heteroatoms. The number of hydrogen-bond acceptors (Lipinski definition) is 7. The molecule has 19 heavy (non-hydrogen) atoms. The van der Waals surface area contributed by atoms with Crippen LogP contribution in [-0.2, 0) is 32.8 Å². The molecule has 0 fully saturated rings. The summed E-state index contributed by atoms with van der Waals surface area (Å²) in [5.41, 5.74) is 0. The summed E-state index contributed by atoms with van der Waals surface area (Å²) in [7, 11) is -5.01. The van der Waals surface area contributed by atoms with Gasteiger partial charge < -0.3 is 19.3 Å². The molecule has 0 aliphatic rings. The zero-order valence-corrected chi connectivity index (χ0v) is 10.4. The highest BCUT2D eigenvalue weighted by Gasteiger charge is 2.30. The predicted molar refractivity (Wildman–Crippen MR) is 55.7 cm³/mol. The van der Waals surface area contributed by atoms with Crippen LogP contribution in [0.25, 0.3) is 0 Å². The van der Waals surface area contributed by atoms with Crippen molar-refractivity contribution in [1.29, 1.82) is 0 Å². The van der Waals surface area contributed by atoms with Gasteiger partial charge in [-0.2, -0.15) is 0 Å². The van der Waals surface area contributed by atoms with E-state index in [1.165, 1.54) is 0 Å². The van der Waals surface area contributed by atoms with Crippen LogP contribution in [0, 0.1) is 0 Å². The van der Waals surface area contributed by atoms with Crippen molar-refractivity contribution in [1.82, 2.24) is 0 Å². The van der Waals surface area contributed by atoms with Crippen molar-refractivity contribution in [2.24, 2.45) is 0 Å². The normalized spacial score (nSPS) is 10.6. The monoisotopic (exact) mass is 298 g/mol. The minimum absolute atomic E-state index is 0.619. The zero-order chi connectivity index (χ0) is 15.1. The van der Waals surface area contributed by atoms with E-state index in [-0.39, 0.29) is 0 Å². The molecule has 3 N–H and O–H groups in total. The third kappa shape index (κ3) is 9.74. The van der Waals surface area contributed by atoms with E-state index in [2.05, 4.69) is 9.05 Å². The molecule has 0 saturated carbocycles. The molecule has 0 amide bonds. The second kappa shape index (κ2) is 7.49. The number of carbonyl (C=O) groups is 4. The number of phosphoric ester groups is 1. The van der Waals surface area contributed by atoms with Gasteiger partial charge in [-0.05, 0) is 0 Å². The fraction of sp³-hybridized carbons (Fsp3) is 0.500. The van der Waals surface area contributed by atoms with Gasteiger partial charge in [0, 0.05) is 0 Å². The molecule has 0 spiro atoms. The first-order chi connectivity index (χ1) is 8.62. The van der Waals surface area contributed by atoms with Crippen molar-refractivity contribution in [3.63, 3.8) is 0 Å². The lowest BCUT2D eigenvalue weighted by Gasteiger charge is -2.10. The van der Waals surface area contributed by atoms with E-state index in [0.717, 1.165) is 0 Å². The van der Waals surface area contributed by atoms with Gasteiger partial charge in [0.25, 0.3) is 0 Å². The Morgan fingerprint density at radius 2 is 1.11 bits per heavy atom. The highest BCUT2D eigenvalue weighted by atomic mass is 31.2. The molecular weight excluding hydrogens is 287 g/mol. The van der Waals surface area contributed by atoms with Gasteiger partial charge in [-0.25, -0.2) is 4.57 Å². The number of carbonyl (C=O) groups excluding carboxylic acids is 2. The predicted octanol–water partition coefficient (Wildman–Crippen LogP) is -0.0972. The Morgan fingerprint density at radius 3 is 1.37 bits per heavy atom. The van der Waals surface area contributed by atoms with Crippen molar-refractivity contribution in [3.8, 4) is 0 Å². The van der Waals surface area contributed by atoms with Gasteiger partial charge in [-0.3, -0.25) is 24.1 Å². The van der Waals surface area contributed by atoms with Gasteiger partial charge in [-0.1, -0.05) is 0 Å². The van der Waals surface area contributed by atoms with Crippen LogP contribution >= 0.6 is 7.82 Å². The molecule has 0 unspecified atom stereocenters. The van der Waals surface area contributed by atoms with Crippen LogP contribution in [-0.4, -0.2) is 39.0 Å². The first-order valence-electron chi connectivity index (χ1n) is 4.83. The molecule has 0 atom stereocenters. The van der Waals surface area contributed by atoms with Gasteiger partial charge in [0.1, 0.15) is 0 Å². The van der Waals surface area contributed by atoms with E-state index in [1.54, 1.807) is 0 Å². The van der Waals surface area contributed by atoms with Gasteiger partial charge in [0.15, 0.2) is 0 Å². The zero-order valence-electron chi connectivity index (χ0n) is 9.48. The van der Waals surface area contributed by atoms with E-state index in [1.807, 2.05) is 0 Å². The van der Waals surface area contributed by atoms with Gasteiger partial charge in [0.2, 0.25) is 0 Å². The van der Waals surface area contributed by atoms with E-state index in [0.29, 0.717) is 0 Å². The quantitative estimate of drug-likeness (QED) is 0.515. The number of phosphoric acid groups is 1. The molecule has 108 valence electrons. The van der Waals surface area contributed by atoms with Crippen LogP contribution in [0.4, 0.5) is 0 Å². The molecule has 0 aliphatic heterocycles. The maximum absolute atomic E-state index is 11.1. The molecular formula is C8H11O10P. The Labute approximate surface area is 106 Å². The van der Waals surface area contributed by atoms with E-state index in [4.69, 9.17) is 15.1 Å². The van der Waals surface area contributed by atoms with Crippen LogP contribution in [0.5, 0.6) is 0 Å². The number of hydrogen-bond donors (Lipinski definition) is 3. The van der Waals surface area contributed by atoms with Crippen LogP contribution < -0.4 is 0 Å². The maximum atomic E-state index is 11.1. The van der Waals surface area contributed by atoms with E-state index < -0.39 is 57.4 Å². The highest BCUT2D eigenvalue weighted by molar-refractivity contribution is 7.48. The molecule has 0 bridgehead atoms. The van der Waals surface area contributed by atoms with Crippen molar-refractivity contribution >= 4 is 31.7 Å². The summed E-state index contributed by atoms with van der Waals surface area (Å²) in [6.07, 6.45) is -2.59. The molecule has 0 saturated heterocycles. The standard InChI is InChI=1S/C8H11O10P/c9-5(10)1-3-7(13)17-19(15,16)18-8(14)4-2-6(11)12/h1-4H2,(H,9,10)(H,11,12)(H,15,16). The van der Waals surface area contributed by atoms with Crippen molar-refractivity contribution in [2.45, 2.75) is 25.7 Å². The molecule has 0 heterocycles. The summed E-state index contributed by atoms with van der Waals surface area (Å²) in [5.74, 6) is -5.30. The highest BCUT2D eigenvalue weighted by Crippen LogP contribution is 2.44.